The third kappa shape index (κ3) is 5.26. The normalized spacial score (nSPS) is 22.3. The van der Waals surface area contributed by atoms with Crippen molar-refractivity contribution in [2.45, 2.75) is 44.9 Å². The highest BCUT2D eigenvalue weighted by Gasteiger charge is 2.45. The number of likely N-dealkylation sites (tertiary alicyclic amines) is 1. The highest BCUT2D eigenvalue weighted by molar-refractivity contribution is 5.88. The van der Waals surface area contributed by atoms with Gasteiger partial charge in [0.1, 0.15) is 0 Å². The lowest BCUT2D eigenvalue weighted by atomic mass is 9.82. The molecule has 3 aliphatic rings. The molecule has 0 spiro atoms. The lowest BCUT2D eigenvalue weighted by Gasteiger charge is -2.33. The third-order valence-corrected chi connectivity index (χ3v) is 6.42. The third-order valence-electron chi connectivity index (χ3n) is 6.42. The number of nitrogens with zero attached hydrogens (tertiary/aromatic N) is 2. The second-order valence-electron chi connectivity index (χ2n) is 8.29. The Kier molecular flexibility index (Phi) is 7.10. The van der Waals surface area contributed by atoms with Crippen LogP contribution in [0.2, 0.25) is 0 Å². The average Bonchev–Trinajstić information content (AvgIpc) is 3.22. The Bertz CT molecular complexity index is 632. The Labute approximate surface area is 170 Å². The van der Waals surface area contributed by atoms with Crippen LogP contribution in [0.4, 0.5) is 0 Å². The van der Waals surface area contributed by atoms with Crippen LogP contribution in [0.15, 0.2) is 0 Å². The van der Waals surface area contributed by atoms with Gasteiger partial charge in [-0.05, 0) is 25.7 Å². The number of carbonyl (C=O) groups is 4. The van der Waals surface area contributed by atoms with E-state index < -0.39 is 11.4 Å². The molecule has 3 fully saturated rings. The van der Waals surface area contributed by atoms with Gasteiger partial charge >= 0.3 is 5.97 Å². The molecule has 2 N–H and O–H groups in total. The Morgan fingerprint density at radius 1 is 0.931 bits per heavy atom. The summed E-state index contributed by atoms with van der Waals surface area (Å²) in [5.41, 5.74) is 4.49. The van der Waals surface area contributed by atoms with Crippen LogP contribution in [0.1, 0.15) is 44.9 Å². The molecule has 3 amide bonds. The predicted molar refractivity (Wildman–Crippen MR) is 102 cm³/mol. The molecule has 3 rings (SSSR count). The summed E-state index contributed by atoms with van der Waals surface area (Å²) in [6, 6.07) is 0. The first-order valence-electron chi connectivity index (χ1n) is 10.5. The summed E-state index contributed by atoms with van der Waals surface area (Å²) >= 11 is 0. The number of primary amides is 1. The molecule has 29 heavy (non-hydrogen) atoms. The number of carbonyl (C=O) groups excluding carboxylic acids is 4. The largest absolute Gasteiger partial charge is 0.455 e. The van der Waals surface area contributed by atoms with Crippen molar-refractivity contribution in [2.24, 2.45) is 17.1 Å². The molecule has 9 heteroatoms. The molecule has 9 nitrogen and oxygen atoms in total. The number of amides is 3. The number of morpholine rings is 1. The number of nitrogens with two attached hydrogens (primary N) is 1. The molecule has 0 aromatic carbocycles. The zero-order valence-corrected chi connectivity index (χ0v) is 16.9. The van der Waals surface area contributed by atoms with Gasteiger partial charge in [0, 0.05) is 38.5 Å². The van der Waals surface area contributed by atoms with Gasteiger partial charge in [0.2, 0.25) is 11.8 Å². The second kappa shape index (κ2) is 9.56. The molecule has 2 saturated heterocycles. The van der Waals surface area contributed by atoms with Crippen LogP contribution >= 0.6 is 0 Å². The van der Waals surface area contributed by atoms with Gasteiger partial charge in [-0.15, -0.1) is 0 Å². The number of rotatable bonds is 6. The SMILES string of the molecule is NC(=O)C1CCN(C(=O)COC(=O)C2(CC(=O)N3CCOCC3)CCCC2)CC1. The smallest absolute Gasteiger partial charge is 0.313 e. The van der Waals surface area contributed by atoms with Gasteiger partial charge < -0.3 is 25.0 Å². The summed E-state index contributed by atoms with van der Waals surface area (Å²) in [5, 5.41) is 0. The van der Waals surface area contributed by atoms with E-state index in [4.69, 9.17) is 15.2 Å². The van der Waals surface area contributed by atoms with Gasteiger partial charge in [-0.25, -0.2) is 0 Å². The number of hydrogen-bond donors (Lipinski definition) is 1. The molecule has 1 saturated carbocycles. The van der Waals surface area contributed by atoms with Crippen LogP contribution in [-0.4, -0.2) is 79.5 Å². The number of piperidine rings is 1. The van der Waals surface area contributed by atoms with E-state index in [2.05, 4.69) is 0 Å². The molecule has 0 unspecified atom stereocenters. The Hall–Kier alpha value is -2.16. The van der Waals surface area contributed by atoms with E-state index in [1.54, 1.807) is 9.80 Å². The van der Waals surface area contributed by atoms with Crippen molar-refractivity contribution in [1.29, 1.82) is 0 Å². The van der Waals surface area contributed by atoms with Gasteiger partial charge in [-0.3, -0.25) is 19.2 Å². The molecule has 0 atom stereocenters. The van der Waals surface area contributed by atoms with Crippen LogP contribution in [0.5, 0.6) is 0 Å². The van der Waals surface area contributed by atoms with Crippen LogP contribution in [0, 0.1) is 11.3 Å². The van der Waals surface area contributed by atoms with Crippen molar-refractivity contribution in [3.05, 3.63) is 0 Å². The molecule has 1 aliphatic carbocycles. The number of hydrogen-bond acceptors (Lipinski definition) is 6. The minimum absolute atomic E-state index is 0.0491. The second-order valence-corrected chi connectivity index (χ2v) is 8.29. The fraction of sp³-hybridized carbons (Fsp3) is 0.800. The molecular formula is C20H31N3O6. The maximum Gasteiger partial charge on any atom is 0.313 e. The summed E-state index contributed by atoms with van der Waals surface area (Å²) < 4.78 is 10.7. The summed E-state index contributed by atoms with van der Waals surface area (Å²) in [6.07, 6.45) is 4.17. The van der Waals surface area contributed by atoms with Gasteiger partial charge in [0.15, 0.2) is 6.61 Å². The quantitative estimate of drug-likeness (QED) is 0.620. The van der Waals surface area contributed by atoms with E-state index in [-0.39, 0.29) is 36.7 Å². The van der Waals surface area contributed by atoms with E-state index in [1.165, 1.54) is 0 Å². The van der Waals surface area contributed by atoms with Crippen LogP contribution in [0.25, 0.3) is 0 Å². The highest BCUT2D eigenvalue weighted by atomic mass is 16.5. The lowest BCUT2D eigenvalue weighted by Crippen LogP contribution is -2.45. The highest BCUT2D eigenvalue weighted by Crippen LogP contribution is 2.42. The van der Waals surface area contributed by atoms with Crippen LogP contribution in [-0.2, 0) is 28.7 Å². The van der Waals surface area contributed by atoms with Gasteiger partial charge in [-0.2, -0.15) is 0 Å². The van der Waals surface area contributed by atoms with E-state index in [0.717, 1.165) is 12.8 Å². The van der Waals surface area contributed by atoms with Gasteiger partial charge in [0.05, 0.1) is 18.6 Å². The molecule has 2 heterocycles. The Balaban J connectivity index is 1.51. The van der Waals surface area contributed by atoms with Crippen molar-refractivity contribution >= 4 is 23.7 Å². The Morgan fingerprint density at radius 3 is 2.10 bits per heavy atom. The van der Waals surface area contributed by atoms with Crippen molar-refractivity contribution in [3.63, 3.8) is 0 Å². The number of ether oxygens (including phenoxy) is 2. The fourth-order valence-electron chi connectivity index (χ4n) is 4.50. The van der Waals surface area contributed by atoms with Crippen molar-refractivity contribution in [2.75, 3.05) is 46.0 Å². The molecule has 0 radical (unpaired) electrons. The molecule has 0 aromatic heterocycles. The van der Waals surface area contributed by atoms with Crippen molar-refractivity contribution in [1.82, 2.24) is 9.80 Å². The van der Waals surface area contributed by atoms with Crippen molar-refractivity contribution < 1.29 is 28.7 Å². The van der Waals surface area contributed by atoms with E-state index in [0.29, 0.717) is 65.1 Å². The Morgan fingerprint density at radius 2 is 1.52 bits per heavy atom. The molecule has 0 bridgehead atoms. The zero-order valence-electron chi connectivity index (χ0n) is 16.9. The van der Waals surface area contributed by atoms with Crippen molar-refractivity contribution in [3.8, 4) is 0 Å². The maximum atomic E-state index is 12.9. The van der Waals surface area contributed by atoms with E-state index >= 15 is 0 Å². The first kappa shape index (κ1) is 21.5. The maximum absolute atomic E-state index is 12.9. The molecule has 162 valence electrons. The monoisotopic (exact) mass is 409 g/mol. The summed E-state index contributed by atoms with van der Waals surface area (Å²) in [7, 11) is 0. The zero-order chi connectivity index (χ0) is 20.9. The first-order valence-corrected chi connectivity index (χ1v) is 10.5. The van der Waals surface area contributed by atoms with E-state index in [9.17, 15) is 19.2 Å². The summed E-state index contributed by atoms with van der Waals surface area (Å²) in [5.74, 6) is -1.30. The van der Waals surface area contributed by atoms with Gasteiger partial charge in [0.25, 0.3) is 5.91 Å². The van der Waals surface area contributed by atoms with Crippen LogP contribution in [0.3, 0.4) is 0 Å². The summed E-state index contributed by atoms with van der Waals surface area (Å²) in [6.45, 7) is 2.67. The molecule has 2 aliphatic heterocycles. The predicted octanol–water partition coefficient (Wildman–Crippen LogP) is 0.0628. The average molecular weight is 409 g/mol. The van der Waals surface area contributed by atoms with E-state index in [1.807, 2.05) is 0 Å². The minimum atomic E-state index is -0.825. The van der Waals surface area contributed by atoms with Crippen LogP contribution < -0.4 is 5.73 Å². The lowest BCUT2D eigenvalue weighted by molar-refractivity contribution is -0.164. The number of esters is 1. The topological polar surface area (TPSA) is 119 Å². The standard InChI is InChI=1S/C20H31N3O6/c21-18(26)15-3-7-22(8-4-15)17(25)14-29-19(27)20(5-1-2-6-20)13-16(24)23-9-11-28-12-10-23/h15H,1-14H2,(H2,21,26). The first-order chi connectivity index (χ1) is 13.9. The molecular weight excluding hydrogens is 378 g/mol. The molecule has 0 aromatic rings. The van der Waals surface area contributed by atoms with Gasteiger partial charge in [-0.1, -0.05) is 12.8 Å². The fourth-order valence-corrected chi connectivity index (χ4v) is 4.50. The minimum Gasteiger partial charge on any atom is -0.455 e. The summed E-state index contributed by atoms with van der Waals surface area (Å²) in [4.78, 5) is 52.5.